The molecule has 0 fully saturated rings. The molecule has 2 nitrogen and oxygen atoms in total. The SMILES string of the molecule is COc1ccc2c(c1)C(NCc1ccc(Cl)cc1)CCC2. The van der Waals surface area contributed by atoms with Crippen molar-refractivity contribution in [3.05, 3.63) is 64.2 Å². The van der Waals surface area contributed by atoms with Gasteiger partial charge in [-0.15, -0.1) is 0 Å². The van der Waals surface area contributed by atoms with E-state index < -0.39 is 0 Å². The molecule has 0 aromatic heterocycles. The zero-order valence-corrected chi connectivity index (χ0v) is 13.0. The minimum atomic E-state index is 0.402. The molecule has 110 valence electrons. The molecule has 0 amide bonds. The summed E-state index contributed by atoms with van der Waals surface area (Å²) in [5.74, 6) is 0.939. The van der Waals surface area contributed by atoms with Crippen LogP contribution in [0, 0.1) is 0 Å². The van der Waals surface area contributed by atoms with Crippen molar-refractivity contribution < 1.29 is 4.74 Å². The number of methoxy groups -OCH3 is 1. The molecule has 1 aliphatic carbocycles. The van der Waals surface area contributed by atoms with Gasteiger partial charge in [0.15, 0.2) is 0 Å². The maximum absolute atomic E-state index is 5.93. The van der Waals surface area contributed by atoms with Gasteiger partial charge in [0.05, 0.1) is 7.11 Å². The van der Waals surface area contributed by atoms with E-state index in [1.807, 2.05) is 12.1 Å². The molecular weight excluding hydrogens is 282 g/mol. The van der Waals surface area contributed by atoms with E-state index in [-0.39, 0.29) is 0 Å². The third-order valence-corrected chi connectivity index (χ3v) is 4.39. The molecule has 0 heterocycles. The first kappa shape index (κ1) is 14.4. The van der Waals surface area contributed by atoms with Gasteiger partial charge in [0.25, 0.3) is 0 Å². The third-order valence-electron chi connectivity index (χ3n) is 4.13. The topological polar surface area (TPSA) is 21.3 Å². The molecule has 21 heavy (non-hydrogen) atoms. The first-order chi connectivity index (χ1) is 10.3. The molecule has 2 aromatic carbocycles. The van der Waals surface area contributed by atoms with E-state index in [9.17, 15) is 0 Å². The van der Waals surface area contributed by atoms with Crippen LogP contribution in [0.25, 0.3) is 0 Å². The van der Waals surface area contributed by atoms with Gasteiger partial charge in [-0.1, -0.05) is 29.8 Å². The predicted molar refractivity (Wildman–Crippen MR) is 87.0 cm³/mol. The maximum atomic E-state index is 5.93. The molecule has 1 aliphatic rings. The predicted octanol–water partition coefficient (Wildman–Crippen LogP) is 4.52. The second kappa shape index (κ2) is 6.50. The number of rotatable bonds is 4. The molecule has 3 heteroatoms. The Hall–Kier alpha value is -1.51. The fourth-order valence-corrected chi connectivity index (χ4v) is 3.09. The lowest BCUT2D eigenvalue weighted by Gasteiger charge is -2.27. The van der Waals surface area contributed by atoms with Crippen LogP contribution in [-0.4, -0.2) is 7.11 Å². The maximum Gasteiger partial charge on any atom is 0.119 e. The van der Waals surface area contributed by atoms with Gasteiger partial charge in [-0.3, -0.25) is 0 Å². The van der Waals surface area contributed by atoms with Crippen molar-refractivity contribution in [1.82, 2.24) is 5.32 Å². The van der Waals surface area contributed by atoms with Crippen LogP contribution in [0.15, 0.2) is 42.5 Å². The smallest absolute Gasteiger partial charge is 0.119 e. The number of halogens is 1. The summed E-state index contributed by atoms with van der Waals surface area (Å²) in [7, 11) is 1.72. The number of aryl methyl sites for hydroxylation is 1. The molecule has 1 unspecified atom stereocenters. The lowest BCUT2D eigenvalue weighted by Crippen LogP contribution is -2.24. The Morgan fingerprint density at radius 1 is 1.19 bits per heavy atom. The van der Waals surface area contributed by atoms with E-state index in [0.29, 0.717) is 6.04 Å². The molecule has 1 atom stereocenters. The normalized spacial score (nSPS) is 17.3. The minimum absolute atomic E-state index is 0.402. The molecule has 3 rings (SSSR count). The Bertz CT molecular complexity index is 609. The van der Waals surface area contributed by atoms with E-state index in [1.54, 1.807) is 7.11 Å². The van der Waals surface area contributed by atoms with Crippen LogP contribution in [0.4, 0.5) is 0 Å². The summed E-state index contributed by atoms with van der Waals surface area (Å²) < 4.78 is 5.36. The van der Waals surface area contributed by atoms with Gasteiger partial charge in [0.2, 0.25) is 0 Å². The van der Waals surface area contributed by atoms with Gasteiger partial charge >= 0.3 is 0 Å². The van der Waals surface area contributed by atoms with Crippen LogP contribution in [0.3, 0.4) is 0 Å². The summed E-state index contributed by atoms with van der Waals surface area (Å²) in [5, 5.41) is 4.45. The number of nitrogens with one attached hydrogen (secondary N) is 1. The summed E-state index contributed by atoms with van der Waals surface area (Å²) in [6.45, 7) is 0.860. The van der Waals surface area contributed by atoms with E-state index >= 15 is 0 Å². The van der Waals surface area contributed by atoms with Crippen molar-refractivity contribution in [1.29, 1.82) is 0 Å². The lowest BCUT2D eigenvalue weighted by molar-refractivity contribution is 0.408. The highest BCUT2D eigenvalue weighted by Gasteiger charge is 2.20. The highest BCUT2D eigenvalue weighted by Crippen LogP contribution is 2.32. The second-order valence-corrected chi connectivity index (χ2v) is 5.95. The summed E-state index contributed by atoms with van der Waals surface area (Å²) in [5.41, 5.74) is 4.08. The zero-order valence-electron chi connectivity index (χ0n) is 12.2. The summed E-state index contributed by atoms with van der Waals surface area (Å²) in [4.78, 5) is 0. The molecule has 0 spiro atoms. The minimum Gasteiger partial charge on any atom is -0.497 e. The highest BCUT2D eigenvalue weighted by atomic mass is 35.5. The van der Waals surface area contributed by atoms with E-state index in [1.165, 1.54) is 36.0 Å². The second-order valence-electron chi connectivity index (χ2n) is 5.52. The highest BCUT2D eigenvalue weighted by molar-refractivity contribution is 6.30. The number of hydrogen-bond donors (Lipinski definition) is 1. The molecular formula is C18H20ClNO. The Labute approximate surface area is 131 Å². The molecule has 1 N–H and O–H groups in total. The first-order valence-corrected chi connectivity index (χ1v) is 7.78. The first-order valence-electron chi connectivity index (χ1n) is 7.41. The lowest BCUT2D eigenvalue weighted by atomic mass is 9.87. The number of fused-ring (bicyclic) bond motifs is 1. The molecule has 0 aliphatic heterocycles. The fourth-order valence-electron chi connectivity index (χ4n) is 2.96. The van der Waals surface area contributed by atoms with Crippen LogP contribution in [-0.2, 0) is 13.0 Å². The van der Waals surface area contributed by atoms with Crippen molar-refractivity contribution in [2.24, 2.45) is 0 Å². The van der Waals surface area contributed by atoms with Crippen LogP contribution < -0.4 is 10.1 Å². The Morgan fingerprint density at radius 3 is 2.76 bits per heavy atom. The molecule has 0 saturated heterocycles. The van der Waals surface area contributed by atoms with Crippen LogP contribution >= 0.6 is 11.6 Å². The largest absolute Gasteiger partial charge is 0.497 e. The Morgan fingerprint density at radius 2 is 2.00 bits per heavy atom. The van der Waals surface area contributed by atoms with Crippen molar-refractivity contribution in [2.45, 2.75) is 31.8 Å². The van der Waals surface area contributed by atoms with Crippen molar-refractivity contribution >= 4 is 11.6 Å². The monoisotopic (exact) mass is 301 g/mol. The van der Waals surface area contributed by atoms with Gasteiger partial charge in [0, 0.05) is 17.6 Å². The van der Waals surface area contributed by atoms with Crippen LogP contribution in [0.1, 0.15) is 35.6 Å². The van der Waals surface area contributed by atoms with Gasteiger partial charge in [-0.25, -0.2) is 0 Å². The number of ether oxygens (including phenoxy) is 1. The van der Waals surface area contributed by atoms with Gasteiger partial charge in [-0.05, 0) is 60.2 Å². The standard InChI is InChI=1S/C18H20ClNO/c1-21-16-10-7-14-3-2-4-18(17(14)11-16)20-12-13-5-8-15(19)9-6-13/h5-11,18,20H,2-4,12H2,1H3. The van der Waals surface area contributed by atoms with Crippen molar-refractivity contribution in [3.8, 4) is 5.75 Å². The van der Waals surface area contributed by atoms with Crippen LogP contribution in [0.2, 0.25) is 5.02 Å². The van der Waals surface area contributed by atoms with Crippen LogP contribution in [0.5, 0.6) is 5.75 Å². The summed E-state index contributed by atoms with van der Waals surface area (Å²) in [6, 6.07) is 14.9. The molecule has 0 radical (unpaired) electrons. The summed E-state index contributed by atoms with van der Waals surface area (Å²) >= 11 is 5.93. The summed E-state index contributed by atoms with van der Waals surface area (Å²) in [6.07, 6.45) is 3.57. The Balaban J connectivity index is 1.73. The molecule has 2 aromatic rings. The van der Waals surface area contributed by atoms with E-state index in [4.69, 9.17) is 16.3 Å². The van der Waals surface area contributed by atoms with Gasteiger partial charge in [-0.2, -0.15) is 0 Å². The van der Waals surface area contributed by atoms with Crippen molar-refractivity contribution in [3.63, 3.8) is 0 Å². The van der Waals surface area contributed by atoms with E-state index in [2.05, 4.69) is 35.6 Å². The fraction of sp³-hybridized carbons (Fsp3) is 0.333. The Kier molecular flexibility index (Phi) is 4.47. The quantitative estimate of drug-likeness (QED) is 0.897. The van der Waals surface area contributed by atoms with Crippen molar-refractivity contribution in [2.75, 3.05) is 7.11 Å². The molecule has 0 saturated carbocycles. The van der Waals surface area contributed by atoms with E-state index in [0.717, 1.165) is 17.3 Å². The third kappa shape index (κ3) is 3.39. The number of hydrogen-bond acceptors (Lipinski definition) is 2. The van der Waals surface area contributed by atoms with Gasteiger partial charge in [0.1, 0.15) is 5.75 Å². The molecule has 0 bridgehead atoms. The zero-order chi connectivity index (χ0) is 14.7. The average Bonchev–Trinajstić information content (AvgIpc) is 2.54. The average molecular weight is 302 g/mol. The van der Waals surface area contributed by atoms with Gasteiger partial charge < -0.3 is 10.1 Å². The number of benzene rings is 2.